The van der Waals surface area contributed by atoms with Crippen molar-refractivity contribution in [2.75, 3.05) is 18.8 Å². The molecule has 7 heteroatoms. The van der Waals surface area contributed by atoms with Crippen molar-refractivity contribution < 1.29 is 9.90 Å². The van der Waals surface area contributed by atoms with E-state index in [-0.39, 0.29) is 5.91 Å². The van der Waals surface area contributed by atoms with Crippen molar-refractivity contribution >= 4 is 17.7 Å². The van der Waals surface area contributed by atoms with E-state index in [4.69, 9.17) is 0 Å². The summed E-state index contributed by atoms with van der Waals surface area (Å²) >= 11 is 1.50. The first-order chi connectivity index (χ1) is 15.7. The van der Waals surface area contributed by atoms with Crippen LogP contribution in [0, 0.1) is 0 Å². The summed E-state index contributed by atoms with van der Waals surface area (Å²) in [6.45, 7) is 2.29. The van der Waals surface area contributed by atoms with Gasteiger partial charge in [-0.3, -0.25) is 4.79 Å². The van der Waals surface area contributed by atoms with Gasteiger partial charge in [0, 0.05) is 19.0 Å². The third-order valence-electron chi connectivity index (χ3n) is 6.41. The summed E-state index contributed by atoms with van der Waals surface area (Å²) < 4.78 is 2.20. The molecule has 32 heavy (non-hydrogen) atoms. The number of likely N-dealkylation sites (tertiary alicyclic amines) is 1. The van der Waals surface area contributed by atoms with Gasteiger partial charge in [-0.15, -0.1) is 10.2 Å². The van der Waals surface area contributed by atoms with Crippen molar-refractivity contribution in [3.63, 3.8) is 0 Å². The number of piperidine rings is 1. The lowest BCUT2D eigenvalue weighted by molar-refractivity contribution is -0.129. The van der Waals surface area contributed by atoms with E-state index in [0.717, 1.165) is 43.5 Å². The average Bonchev–Trinajstić information content (AvgIpc) is 3.60. The van der Waals surface area contributed by atoms with E-state index in [1.165, 1.54) is 35.7 Å². The minimum Gasteiger partial charge on any atom is -0.508 e. The Morgan fingerprint density at radius 2 is 1.66 bits per heavy atom. The Morgan fingerprint density at radius 1 is 0.938 bits per heavy atom. The summed E-state index contributed by atoms with van der Waals surface area (Å²) in [6, 6.07) is 17.8. The largest absolute Gasteiger partial charge is 0.508 e. The molecule has 1 aliphatic heterocycles. The normalized spacial score (nSPS) is 16.9. The van der Waals surface area contributed by atoms with Crippen LogP contribution < -0.4 is 0 Å². The highest BCUT2D eigenvalue weighted by atomic mass is 32.2. The number of carbonyl (C=O) groups excluding carboxylic acids is 1. The van der Waals surface area contributed by atoms with E-state index in [1.807, 2.05) is 23.1 Å². The number of nitrogens with zero attached hydrogens (tertiary/aromatic N) is 4. The molecule has 5 rings (SSSR count). The number of thioether (sulfide) groups is 1. The number of aromatic nitrogens is 3. The summed E-state index contributed by atoms with van der Waals surface area (Å²) in [7, 11) is 0. The lowest BCUT2D eigenvalue weighted by atomic mass is 9.89. The number of aromatic hydroxyl groups is 1. The molecule has 3 aromatic rings. The topological polar surface area (TPSA) is 71.2 Å². The van der Waals surface area contributed by atoms with Crippen molar-refractivity contribution in [2.24, 2.45) is 0 Å². The summed E-state index contributed by atoms with van der Waals surface area (Å²) in [4.78, 5) is 14.9. The third-order valence-corrected chi connectivity index (χ3v) is 7.36. The average molecular weight is 449 g/mol. The number of phenolic OH excluding ortho intramolecular Hbond substituents is 1. The predicted molar refractivity (Wildman–Crippen MR) is 125 cm³/mol. The summed E-state index contributed by atoms with van der Waals surface area (Å²) in [5.74, 6) is 2.86. The van der Waals surface area contributed by atoms with Gasteiger partial charge in [0.2, 0.25) is 5.91 Å². The van der Waals surface area contributed by atoms with Crippen molar-refractivity contribution in [3.05, 3.63) is 71.5 Å². The summed E-state index contributed by atoms with van der Waals surface area (Å²) in [5, 5.41) is 19.2. The van der Waals surface area contributed by atoms with Gasteiger partial charge in [-0.25, -0.2) is 0 Å². The van der Waals surface area contributed by atoms with Gasteiger partial charge < -0.3 is 14.6 Å². The molecule has 0 atom stereocenters. The van der Waals surface area contributed by atoms with Crippen molar-refractivity contribution in [1.29, 1.82) is 0 Å². The fourth-order valence-electron chi connectivity index (χ4n) is 4.39. The molecule has 2 aromatic carbocycles. The number of hydrogen-bond acceptors (Lipinski definition) is 5. The zero-order chi connectivity index (χ0) is 21.9. The van der Waals surface area contributed by atoms with E-state index >= 15 is 0 Å². The maximum absolute atomic E-state index is 12.9. The summed E-state index contributed by atoms with van der Waals surface area (Å²) in [5.41, 5.74) is 2.46. The zero-order valence-electron chi connectivity index (χ0n) is 18.1. The van der Waals surface area contributed by atoms with Crippen LogP contribution in [0.2, 0.25) is 0 Å². The molecule has 2 fully saturated rings. The molecule has 1 aromatic heterocycles. The molecule has 0 unspecified atom stereocenters. The molecule has 166 valence electrons. The maximum atomic E-state index is 12.9. The van der Waals surface area contributed by atoms with Crippen LogP contribution in [0.1, 0.15) is 54.5 Å². The van der Waals surface area contributed by atoms with Gasteiger partial charge >= 0.3 is 0 Å². The van der Waals surface area contributed by atoms with Gasteiger partial charge in [0.25, 0.3) is 0 Å². The van der Waals surface area contributed by atoms with Crippen molar-refractivity contribution in [3.8, 4) is 5.75 Å². The smallest absolute Gasteiger partial charge is 0.233 e. The lowest BCUT2D eigenvalue weighted by Crippen LogP contribution is -2.39. The number of hydrogen-bond donors (Lipinski definition) is 1. The van der Waals surface area contributed by atoms with Crippen LogP contribution in [0.3, 0.4) is 0 Å². The molecule has 1 aliphatic carbocycles. The highest BCUT2D eigenvalue weighted by Gasteiger charge is 2.31. The second-order valence-corrected chi connectivity index (χ2v) is 9.66. The van der Waals surface area contributed by atoms with Crippen LogP contribution in [-0.2, 0) is 11.3 Å². The Labute approximate surface area is 192 Å². The van der Waals surface area contributed by atoms with Crippen LogP contribution in [0.25, 0.3) is 0 Å². The van der Waals surface area contributed by atoms with Gasteiger partial charge in [0.1, 0.15) is 11.6 Å². The van der Waals surface area contributed by atoms with E-state index in [0.29, 0.717) is 23.3 Å². The zero-order valence-corrected chi connectivity index (χ0v) is 18.9. The maximum Gasteiger partial charge on any atom is 0.233 e. The van der Waals surface area contributed by atoms with Crippen molar-refractivity contribution in [2.45, 2.75) is 49.2 Å². The van der Waals surface area contributed by atoms with Crippen LogP contribution >= 0.6 is 11.8 Å². The molecule has 6 nitrogen and oxygen atoms in total. The molecule has 1 saturated carbocycles. The quantitative estimate of drug-likeness (QED) is 0.542. The van der Waals surface area contributed by atoms with Gasteiger partial charge in [-0.2, -0.15) is 0 Å². The molecule has 0 spiro atoms. The SMILES string of the molecule is O=C(CSc1nnc(C2CC2)n1Cc1ccccc1)N1CCC(c2ccc(O)cc2)CC1. The van der Waals surface area contributed by atoms with Gasteiger partial charge in [-0.1, -0.05) is 54.2 Å². The van der Waals surface area contributed by atoms with Gasteiger partial charge in [-0.05, 0) is 54.9 Å². The fraction of sp³-hybridized carbons (Fsp3) is 0.400. The highest BCUT2D eigenvalue weighted by molar-refractivity contribution is 7.99. The van der Waals surface area contributed by atoms with Crippen LogP contribution in [0.15, 0.2) is 59.8 Å². The Balaban J connectivity index is 1.19. The molecule has 1 amide bonds. The van der Waals surface area contributed by atoms with Gasteiger partial charge in [0.05, 0.1) is 12.3 Å². The number of carbonyl (C=O) groups is 1. The van der Waals surface area contributed by atoms with E-state index < -0.39 is 0 Å². The fourth-order valence-corrected chi connectivity index (χ4v) is 5.24. The molecule has 2 aliphatic rings. The molecular weight excluding hydrogens is 420 g/mol. The van der Waals surface area contributed by atoms with Gasteiger partial charge in [0.15, 0.2) is 5.16 Å². The first-order valence-corrected chi connectivity index (χ1v) is 12.3. The lowest BCUT2D eigenvalue weighted by Gasteiger charge is -2.32. The van der Waals surface area contributed by atoms with Crippen LogP contribution in [-0.4, -0.2) is 49.5 Å². The standard InChI is InChI=1S/C25H28N4O2S/c30-22-10-8-19(9-11-22)20-12-14-28(15-13-20)23(31)17-32-25-27-26-24(21-6-7-21)29(25)16-18-4-2-1-3-5-18/h1-5,8-11,20-21,30H,6-7,12-17H2. The predicted octanol–water partition coefficient (Wildman–Crippen LogP) is 4.41. The minimum absolute atomic E-state index is 0.168. The number of phenols is 1. The summed E-state index contributed by atoms with van der Waals surface area (Å²) in [6.07, 6.45) is 4.26. The van der Waals surface area contributed by atoms with E-state index in [2.05, 4.69) is 39.0 Å². The first kappa shape index (κ1) is 21.1. The third kappa shape index (κ3) is 4.83. The molecule has 1 N–H and O–H groups in total. The number of benzene rings is 2. The Kier molecular flexibility index (Phi) is 6.17. The Hall–Kier alpha value is -2.80. The monoisotopic (exact) mass is 448 g/mol. The second kappa shape index (κ2) is 9.36. The van der Waals surface area contributed by atoms with E-state index in [9.17, 15) is 9.90 Å². The Bertz CT molecular complexity index is 1060. The first-order valence-electron chi connectivity index (χ1n) is 11.3. The minimum atomic E-state index is 0.168. The molecule has 0 radical (unpaired) electrons. The molecule has 0 bridgehead atoms. The number of amides is 1. The van der Waals surface area contributed by atoms with Crippen LogP contribution in [0.4, 0.5) is 0 Å². The van der Waals surface area contributed by atoms with E-state index in [1.54, 1.807) is 12.1 Å². The van der Waals surface area contributed by atoms with Crippen LogP contribution in [0.5, 0.6) is 5.75 Å². The Morgan fingerprint density at radius 3 is 2.34 bits per heavy atom. The number of rotatable bonds is 7. The highest BCUT2D eigenvalue weighted by Crippen LogP contribution is 2.40. The van der Waals surface area contributed by atoms with Crippen molar-refractivity contribution in [1.82, 2.24) is 19.7 Å². The molecular formula is C25H28N4O2S. The second-order valence-electron chi connectivity index (χ2n) is 8.72. The molecule has 2 heterocycles. The molecule has 1 saturated heterocycles.